The lowest BCUT2D eigenvalue weighted by atomic mass is 10.4. The number of aromatic nitrogens is 2. The van der Waals surface area contributed by atoms with Crippen molar-refractivity contribution in [3.8, 4) is 0 Å². The third-order valence-corrected chi connectivity index (χ3v) is 4.49. The van der Waals surface area contributed by atoms with Crippen LogP contribution >= 0.6 is 11.6 Å². The standard InChI is InChI=1S/C10H18ClN3O2S/c1-4-12-17(15,16)10-8(2)13-14(9(10)3)7-5-6-11/h12H,4-7H2,1-3H3. The van der Waals surface area contributed by atoms with Gasteiger partial charge in [-0.25, -0.2) is 13.1 Å². The Morgan fingerprint density at radius 1 is 1.41 bits per heavy atom. The third kappa shape index (κ3) is 3.20. The minimum absolute atomic E-state index is 0.286. The number of hydrogen-bond donors (Lipinski definition) is 1. The highest BCUT2D eigenvalue weighted by Crippen LogP contribution is 2.19. The zero-order chi connectivity index (χ0) is 13.1. The summed E-state index contributed by atoms with van der Waals surface area (Å²) < 4.78 is 28.1. The second-order valence-electron chi connectivity index (χ2n) is 3.77. The van der Waals surface area contributed by atoms with Crippen LogP contribution in [0.5, 0.6) is 0 Å². The third-order valence-electron chi connectivity index (χ3n) is 2.42. The average molecular weight is 280 g/mol. The van der Waals surface area contributed by atoms with Gasteiger partial charge in [-0.3, -0.25) is 4.68 Å². The summed E-state index contributed by atoms with van der Waals surface area (Å²) in [5.74, 6) is 0.535. The predicted octanol–water partition coefficient (Wildman–Crippen LogP) is 1.43. The Hall–Kier alpha value is -0.590. The zero-order valence-electron chi connectivity index (χ0n) is 10.3. The van der Waals surface area contributed by atoms with E-state index in [0.717, 1.165) is 6.42 Å². The van der Waals surface area contributed by atoms with Crippen molar-refractivity contribution >= 4 is 21.6 Å². The van der Waals surface area contributed by atoms with Crippen molar-refractivity contribution in [2.24, 2.45) is 0 Å². The molecule has 0 fully saturated rings. The van der Waals surface area contributed by atoms with Crippen LogP contribution in [-0.2, 0) is 16.6 Å². The summed E-state index contributed by atoms with van der Waals surface area (Å²) in [6, 6.07) is 0. The minimum Gasteiger partial charge on any atom is -0.268 e. The van der Waals surface area contributed by atoms with Crippen molar-refractivity contribution < 1.29 is 8.42 Å². The zero-order valence-corrected chi connectivity index (χ0v) is 11.9. The van der Waals surface area contributed by atoms with E-state index in [1.165, 1.54) is 0 Å². The van der Waals surface area contributed by atoms with Gasteiger partial charge in [0.15, 0.2) is 0 Å². The Morgan fingerprint density at radius 3 is 2.59 bits per heavy atom. The van der Waals surface area contributed by atoms with Gasteiger partial charge in [0, 0.05) is 19.0 Å². The number of aryl methyl sites for hydroxylation is 2. The van der Waals surface area contributed by atoms with Gasteiger partial charge in [0.05, 0.1) is 11.4 Å². The Bertz CT molecular complexity index is 482. The lowest BCUT2D eigenvalue weighted by Crippen LogP contribution is -2.24. The molecule has 0 aliphatic heterocycles. The summed E-state index contributed by atoms with van der Waals surface area (Å²) in [7, 11) is -3.44. The largest absolute Gasteiger partial charge is 0.268 e. The molecule has 1 N–H and O–H groups in total. The molecule has 98 valence electrons. The van der Waals surface area contributed by atoms with E-state index in [0.29, 0.717) is 30.4 Å². The molecular weight excluding hydrogens is 262 g/mol. The lowest BCUT2D eigenvalue weighted by Gasteiger charge is -2.05. The molecule has 1 aromatic rings. The highest BCUT2D eigenvalue weighted by molar-refractivity contribution is 7.89. The van der Waals surface area contributed by atoms with Crippen molar-refractivity contribution in [2.75, 3.05) is 12.4 Å². The fourth-order valence-electron chi connectivity index (χ4n) is 1.76. The number of sulfonamides is 1. The van der Waals surface area contributed by atoms with Gasteiger partial charge in [0.25, 0.3) is 0 Å². The summed E-state index contributed by atoms with van der Waals surface area (Å²) in [6.45, 7) is 6.22. The summed E-state index contributed by atoms with van der Waals surface area (Å²) >= 11 is 5.62. The van der Waals surface area contributed by atoms with Gasteiger partial charge >= 0.3 is 0 Å². The van der Waals surface area contributed by atoms with Crippen molar-refractivity contribution in [3.05, 3.63) is 11.4 Å². The second kappa shape index (κ2) is 5.84. The van der Waals surface area contributed by atoms with Crippen LogP contribution in [0.4, 0.5) is 0 Å². The van der Waals surface area contributed by atoms with Gasteiger partial charge in [0.2, 0.25) is 10.0 Å². The molecule has 5 nitrogen and oxygen atoms in total. The van der Waals surface area contributed by atoms with Crippen molar-refractivity contribution in [2.45, 2.75) is 38.6 Å². The van der Waals surface area contributed by atoms with E-state index in [4.69, 9.17) is 11.6 Å². The Kier molecular flexibility index (Phi) is 4.97. The SMILES string of the molecule is CCNS(=O)(=O)c1c(C)nn(CCCCl)c1C. The van der Waals surface area contributed by atoms with Crippen LogP contribution in [0.25, 0.3) is 0 Å². The predicted molar refractivity (Wildman–Crippen MR) is 67.9 cm³/mol. The topological polar surface area (TPSA) is 64.0 Å². The first-order chi connectivity index (χ1) is 7.94. The molecule has 0 aliphatic rings. The number of alkyl halides is 1. The molecule has 17 heavy (non-hydrogen) atoms. The van der Waals surface area contributed by atoms with E-state index in [-0.39, 0.29) is 4.90 Å². The van der Waals surface area contributed by atoms with Crippen molar-refractivity contribution in [3.63, 3.8) is 0 Å². The molecule has 7 heteroatoms. The minimum atomic E-state index is -3.44. The molecule has 1 aromatic heterocycles. The Labute approximate surface area is 107 Å². The van der Waals surface area contributed by atoms with E-state index in [9.17, 15) is 8.42 Å². The number of halogens is 1. The fourth-order valence-corrected chi connectivity index (χ4v) is 3.33. The van der Waals surface area contributed by atoms with Crippen LogP contribution in [0.2, 0.25) is 0 Å². The molecule has 0 atom stereocenters. The summed E-state index contributed by atoms with van der Waals surface area (Å²) in [5.41, 5.74) is 1.19. The van der Waals surface area contributed by atoms with Gasteiger partial charge in [-0.15, -0.1) is 11.6 Å². The van der Waals surface area contributed by atoms with Gasteiger partial charge in [0.1, 0.15) is 4.90 Å². The number of nitrogens with one attached hydrogen (secondary N) is 1. The first-order valence-electron chi connectivity index (χ1n) is 5.53. The summed E-state index contributed by atoms with van der Waals surface area (Å²) in [5, 5.41) is 4.24. The van der Waals surface area contributed by atoms with Gasteiger partial charge in [-0.1, -0.05) is 6.92 Å². The van der Waals surface area contributed by atoms with Gasteiger partial charge < -0.3 is 0 Å². The van der Waals surface area contributed by atoms with Crippen LogP contribution in [0.1, 0.15) is 24.7 Å². The molecule has 0 saturated heterocycles. The molecule has 0 spiro atoms. The molecule has 0 saturated carbocycles. The van der Waals surface area contributed by atoms with E-state index >= 15 is 0 Å². The number of nitrogens with zero attached hydrogens (tertiary/aromatic N) is 2. The maximum Gasteiger partial charge on any atom is 0.244 e. The highest BCUT2D eigenvalue weighted by atomic mass is 35.5. The molecule has 0 bridgehead atoms. The van der Waals surface area contributed by atoms with Gasteiger partial charge in [-0.05, 0) is 20.3 Å². The summed E-state index contributed by atoms with van der Waals surface area (Å²) in [6.07, 6.45) is 0.768. The molecular formula is C10H18ClN3O2S. The number of hydrogen-bond acceptors (Lipinski definition) is 3. The molecule has 0 radical (unpaired) electrons. The van der Waals surface area contributed by atoms with Crippen LogP contribution in [0.3, 0.4) is 0 Å². The van der Waals surface area contributed by atoms with Crippen LogP contribution in [0, 0.1) is 13.8 Å². The van der Waals surface area contributed by atoms with Crippen molar-refractivity contribution in [1.82, 2.24) is 14.5 Å². The molecule has 1 rings (SSSR count). The fraction of sp³-hybridized carbons (Fsp3) is 0.700. The first kappa shape index (κ1) is 14.5. The van der Waals surface area contributed by atoms with Crippen LogP contribution in [0.15, 0.2) is 4.90 Å². The molecule has 0 aromatic carbocycles. The molecule has 0 unspecified atom stereocenters. The maximum absolute atomic E-state index is 12.0. The van der Waals surface area contributed by atoms with Crippen molar-refractivity contribution in [1.29, 1.82) is 0 Å². The van der Waals surface area contributed by atoms with E-state index in [2.05, 4.69) is 9.82 Å². The highest BCUT2D eigenvalue weighted by Gasteiger charge is 2.23. The van der Waals surface area contributed by atoms with Crippen LogP contribution < -0.4 is 4.72 Å². The second-order valence-corrected chi connectivity index (χ2v) is 5.85. The van der Waals surface area contributed by atoms with E-state index in [1.54, 1.807) is 25.5 Å². The molecule has 1 heterocycles. The molecule has 0 amide bonds. The average Bonchev–Trinajstić information content (AvgIpc) is 2.51. The Morgan fingerprint density at radius 2 is 2.06 bits per heavy atom. The quantitative estimate of drug-likeness (QED) is 0.801. The smallest absolute Gasteiger partial charge is 0.244 e. The van der Waals surface area contributed by atoms with Gasteiger partial charge in [-0.2, -0.15) is 5.10 Å². The first-order valence-corrected chi connectivity index (χ1v) is 7.55. The van der Waals surface area contributed by atoms with Crippen LogP contribution in [-0.4, -0.2) is 30.6 Å². The monoisotopic (exact) mass is 279 g/mol. The normalized spacial score (nSPS) is 12.0. The number of rotatable bonds is 6. The van der Waals surface area contributed by atoms with E-state index < -0.39 is 10.0 Å². The summed E-state index contributed by atoms with van der Waals surface area (Å²) in [4.78, 5) is 0.286. The lowest BCUT2D eigenvalue weighted by molar-refractivity contribution is 0.575. The molecule has 0 aliphatic carbocycles. The van der Waals surface area contributed by atoms with E-state index in [1.807, 2.05) is 0 Å². The maximum atomic E-state index is 12.0. The Balaban J connectivity index is 3.13.